The second kappa shape index (κ2) is 11.5. The Hall–Kier alpha value is -5.17. The number of pyridine rings is 1. The molecule has 222 valence electrons. The number of benzene rings is 2. The van der Waals surface area contributed by atoms with E-state index < -0.39 is 0 Å². The van der Waals surface area contributed by atoms with Crippen molar-refractivity contribution in [3.63, 3.8) is 0 Å². The minimum atomic E-state index is 0.0131. The van der Waals surface area contributed by atoms with Gasteiger partial charge in [0.05, 0.1) is 29.5 Å². The van der Waals surface area contributed by atoms with Gasteiger partial charge in [0.15, 0.2) is 17.4 Å². The van der Waals surface area contributed by atoms with E-state index in [1.54, 1.807) is 19.6 Å². The predicted molar refractivity (Wildman–Crippen MR) is 170 cm³/mol. The Morgan fingerprint density at radius 3 is 2.91 bits per heavy atom. The Bertz CT molecular complexity index is 1960. The summed E-state index contributed by atoms with van der Waals surface area (Å²) < 4.78 is 14.5. The Kier molecular flexibility index (Phi) is 7.22. The summed E-state index contributed by atoms with van der Waals surface area (Å²) in [6.45, 7) is 6.00. The fourth-order valence-electron chi connectivity index (χ4n) is 6.22. The number of imidazole rings is 1. The van der Waals surface area contributed by atoms with Crippen LogP contribution in [0, 0.1) is 30.6 Å². The van der Waals surface area contributed by atoms with Gasteiger partial charge in [-0.1, -0.05) is 5.92 Å². The molecule has 0 aliphatic carbocycles. The molecule has 10 heteroatoms. The van der Waals surface area contributed by atoms with Crippen LogP contribution in [0.15, 0.2) is 55.1 Å². The van der Waals surface area contributed by atoms with Gasteiger partial charge in [0, 0.05) is 50.3 Å². The number of anilines is 3. The van der Waals surface area contributed by atoms with E-state index in [0.717, 1.165) is 71.3 Å². The molecule has 0 radical (unpaired) electrons. The molecular formula is C34H33N7O3. The predicted octanol–water partition coefficient (Wildman–Crippen LogP) is 5.96. The fourth-order valence-corrected chi connectivity index (χ4v) is 6.22. The van der Waals surface area contributed by atoms with Crippen molar-refractivity contribution in [1.82, 2.24) is 24.5 Å². The molecule has 1 N–H and O–H groups in total. The van der Waals surface area contributed by atoms with E-state index in [0.29, 0.717) is 41.7 Å². The summed E-state index contributed by atoms with van der Waals surface area (Å²) in [5.74, 6) is 9.80. The molecule has 2 aliphatic heterocycles. The molecule has 2 atom stereocenters. The molecule has 2 aliphatic rings. The molecule has 1 fully saturated rings. The minimum Gasteiger partial charge on any atom is -0.489 e. The van der Waals surface area contributed by atoms with E-state index >= 15 is 0 Å². The number of hydrogen-bond acceptors (Lipinski definition) is 9. The van der Waals surface area contributed by atoms with E-state index in [9.17, 15) is 4.79 Å². The number of nitrogens with one attached hydrogen (secondary N) is 1. The SMILES string of the molecule is CC#CC(=O)CCC1CCN2CC1COc1cc3ncnc(Nc4ccc(Oc5ccc6c(c5)ncn6C)c(C)c4)c3nc12. The maximum atomic E-state index is 12.0. The molecule has 0 saturated carbocycles. The molecule has 0 amide bonds. The highest BCUT2D eigenvalue weighted by atomic mass is 16.5. The smallest absolute Gasteiger partial charge is 0.205 e. The topological polar surface area (TPSA) is 107 Å². The van der Waals surface area contributed by atoms with Crippen LogP contribution in [0.1, 0.15) is 31.7 Å². The van der Waals surface area contributed by atoms with Crippen LogP contribution in [0.2, 0.25) is 0 Å². The van der Waals surface area contributed by atoms with Gasteiger partial charge in [-0.3, -0.25) is 4.79 Å². The largest absolute Gasteiger partial charge is 0.489 e. The van der Waals surface area contributed by atoms with Crippen LogP contribution >= 0.6 is 0 Å². The summed E-state index contributed by atoms with van der Waals surface area (Å²) in [5, 5.41) is 3.44. The molecule has 5 aromatic rings. The second-order valence-electron chi connectivity index (χ2n) is 11.5. The summed E-state index contributed by atoms with van der Waals surface area (Å²) in [6, 6.07) is 13.8. The zero-order chi connectivity index (χ0) is 30.2. The van der Waals surface area contributed by atoms with Crippen molar-refractivity contribution in [3.8, 4) is 29.1 Å². The van der Waals surface area contributed by atoms with Crippen molar-refractivity contribution in [2.75, 3.05) is 29.9 Å². The Morgan fingerprint density at radius 2 is 2.05 bits per heavy atom. The summed E-state index contributed by atoms with van der Waals surface area (Å²) in [7, 11) is 1.97. The molecule has 2 unspecified atom stereocenters. The number of carbonyl (C=O) groups is 1. The lowest BCUT2D eigenvalue weighted by molar-refractivity contribution is -0.114. The van der Waals surface area contributed by atoms with Crippen molar-refractivity contribution < 1.29 is 14.3 Å². The van der Waals surface area contributed by atoms with Crippen molar-refractivity contribution in [2.24, 2.45) is 18.9 Å². The van der Waals surface area contributed by atoms with E-state index in [1.807, 2.05) is 61.0 Å². The maximum Gasteiger partial charge on any atom is 0.205 e. The van der Waals surface area contributed by atoms with E-state index in [1.165, 1.54) is 0 Å². The maximum absolute atomic E-state index is 12.0. The highest BCUT2D eigenvalue weighted by molar-refractivity contribution is 5.95. The number of Topliss-reactive ketones (excluding diaryl/α,β-unsaturated/α-hetero) is 1. The second-order valence-corrected chi connectivity index (χ2v) is 11.5. The number of carbonyl (C=O) groups excluding carboxylic acids is 1. The van der Waals surface area contributed by atoms with Crippen LogP contribution in [0.25, 0.3) is 22.1 Å². The van der Waals surface area contributed by atoms with Crippen LogP contribution in [-0.4, -0.2) is 50.0 Å². The molecule has 2 aromatic carbocycles. The van der Waals surface area contributed by atoms with Crippen LogP contribution in [0.3, 0.4) is 0 Å². The Balaban J connectivity index is 1.10. The van der Waals surface area contributed by atoms with Gasteiger partial charge in [0.25, 0.3) is 0 Å². The number of ether oxygens (including phenoxy) is 2. The molecule has 1 saturated heterocycles. The first-order valence-corrected chi connectivity index (χ1v) is 14.9. The van der Waals surface area contributed by atoms with E-state index in [2.05, 4.69) is 37.0 Å². The first-order chi connectivity index (χ1) is 21.4. The number of rotatable bonds is 7. The van der Waals surface area contributed by atoms with Gasteiger partial charge in [0.1, 0.15) is 23.3 Å². The molecule has 10 nitrogen and oxygen atoms in total. The van der Waals surface area contributed by atoms with Crippen molar-refractivity contribution in [3.05, 3.63) is 60.7 Å². The van der Waals surface area contributed by atoms with E-state index in [4.69, 9.17) is 14.5 Å². The van der Waals surface area contributed by atoms with Gasteiger partial charge in [-0.25, -0.2) is 19.9 Å². The number of aromatic nitrogens is 5. The highest BCUT2D eigenvalue weighted by Crippen LogP contribution is 2.40. The molecule has 3 aromatic heterocycles. The van der Waals surface area contributed by atoms with Crippen molar-refractivity contribution >= 4 is 45.2 Å². The van der Waals surface area contributed by atoms with E-state index in [-0.39, 0.29) is 5.78 Å². The summed E-state index contributed by atoms with van der Waals surface area (Å²) in [4.78, 5) is 32.8. The lowest BCUT2D eigenvalue weighted by Gasteiger charge is -2.36. The van der Waals surface area contributed by atoms with Gasteiger partial charge in [-0.05, 0) is 74.4 Å². The molecular weight excluding hydrogens is 554 g/mol. The number of piperidine rings is 1. The zero-order valence-corrected chi connectivity index (χ0v) is 25.0. The highest BCUT2D eigenvalue weighted by Gasteiger charge is 2.35. The molecule has 2 bridgehead atoms. The first kappa shape index (κ1) is 27.7. The number of fused-ring (bicyclic) bond motifs is 6. The first-order valence-electron chi connectivity index (χ1n) is 14.9. The fraction of sp³-hybridized carbons (Fsp3) is 0.324. The van der Waals surface area contributed by atoms with Gasteiger partial charge >= 0.3 is 0 Å². The summed E-state index contributed by atoms with van der Waals surface area (Å²) in [5.41, 5.74) is 5.18. The zero-order valence-electron chi connectivity index (χ0n) is 25.0. The molecule has 0 spiro atoms. The number of aryl methyl sites for hydroxylation is 2. The van der Waals surface area contributed by atoms with Gasteiger partial charge < -0.3 is 24.3 Å². The van der Waals surface area contributed by atoms with Crippen LogP contribution < -0.4 is 19.7 Å². The number of hydrogen-bond donors (Lipinski definition) is 1. The van der Waals surface area contributed by atoms with Gasteiger partial charge in [0.2, 0.25) is 5.78 Å². The quantitative estimate of drug-likeness (QED) is 0.182. The van der Waals surface area contributed by atoms with Crippen LogP contribution in [0.5, 0.6) is 17.2 Å². The third-order valence-electron chi connectivity index (χ3n) is 8.57. The number of ketones is 1. The average Bonchev–Trinajstić information content (AvgIpc) is 3.33. The van der Waals surface area contributed by atoms with Gasteiger partial charge in [-0.2, -0.15) is 0 Å². The van der Waals surface area contributed by atoms with Crippen LogP contribution in [0.4, 0.5) is 17.3 Å². The molecule has 44 heavy (non-hydrogen) atoms. The van der Waals surface area contributed by atoms with Crippen molar-refractivity contribution in [1.29, 1.82) is 0 Å². The lowest BCUT2D eigenvalue weighted by Crippen LogP contribution is -2.41. The standard InChI is InChI=1S/C34H33N7O3/c1-4-5-25(42)8-6-22-12-13-41-17-23(22)18-43-31-16-28-32(39-34(31)41)33(36-19-35-28)38-24-7-11-30(21(2)14-24)44-26-9-10-29-27(15-26)37-20-40(29)3/h7,9-11,14-16,19-20,22-23H,6,8,12-13,17-18H2,1-3H3,(H,35,36,38). The molecule has 7 rings (SSSR count). The third-order valence-corrected chi connectivity index (χ3v) is 8.57. The monoisotopic (exact) mass is 587 g/mol. The van der Waals surface area contributed by atoms with Crippen LogP contribution in [-0.2, 0) is 11.8 Å². The summed E-state index contributed by atoms with van der Waals surface area (Å²) >= 11 is 0. The number of nitrogens with zero attached hydrogens (tertiary/aromatic N) is 6. The normalized spacial score (nSPS) is 17.3. The van der Waals surface area contributed by atoms with Crippen molar-refractivity contribution in [2.45, 2.75) is 33.1 Å². The summed E-state index contributed by atoms with van der Waals surface area (Å²) in [6.07, 6.45) is 5.66. The Labute approximate surface area is 255 Å². The average molecular weight is 588 g/mol. The Morgan fingerprint density at radius 1 is 1.14 bits per heavy atom. The van der Waals surface area contributed by atoms with Gasteiger partial charge in [-0.15, -0.1) is 0 Å². The lowest BCUT2D eigenvalue weighted by atomic mass is 9.82. The minimum absolute atomic E-state index is 0.0131. The third kappa shape index (κ3) is 5.37. The molecule has 5 heterocycles.